The van der Waals surface area contributed by atoms with Gasteiger partial charge in [0, 0.05) is 12.0 Å². The van der Waals surface area contributed by atoms with Crippen LogP contribution in [0.25, 0.3) is 0 Å². The number of nitrogens with one attached hydrogen (secondary N) is 1. The van der Waals surface area contributed by atoms with Crippen LogP contribution < -0.4 is 11.1 Å². The third-order valence-corrected chi connectivity index (χ3v) is 3.73. The maximum atomic E-state index is 13.7. The van der Waals surface area contributed by atoms with E-state index in [1.807, 2.05) is 6.07 Å². The molecule has 0 radical (unpaired) electrons. The first-order valence-electron chi connectivity index (χ1n) is 6.81. The Bertz CT molecular complexity index is 545. The van der Waals surface area contributed by atoms with Gasteiger partial charge in [0.05, 0.1) is 17.3 Å². The van der Waals surface area contributed by atoms with Crippen molar-refractivity contribution < 1.29 is 9.18 Å². The Hall–Kier alpha value is -1.93. The van der Waals surface area contributed by atoms with Gasteiger partial charge in [0.2, 0.25) is 5.91 Å². The lowest BCUT2D eigenvalue weighted by atomic mass is 9.80. The number of anilines is 1. The maximum Gasteiger partial charge on any atom is 0.226 e. The molecule has 0 unspecified atom stereocenters. The summed E-state index contributed by atoms with van der Waals surface area (Å²) >= 11 is 0. The molecular weight excluding hydrogens is 257 g/mol. The molecule has 0 atom stereocenters. The zero-order chi connectivity index (χ0) is 14.6. The number of nitriles is 1. The highest BCUT2D eigenvalue weighted by Crippen LogP contribution is 2.29. The summed E-state index contributed by atoms with van der Waals surface area (Å²) in [4.78, 5) is 12.0. The Balaban J connectivity index is 1.99. The summed E-state index contributed by atoms with van der Waals surface area (Å²) in [5, 5.41) is 11.2. The maximum absolute atomic E-state index is 13.7. The van der Waals surface area contributed by atoms with Crippen LogP contribution in [-0.2, 0) is 4.79 Å². The summed E-state index contributed by atoms with van der Waals surface area (Å²) < 4.78 is 13.7. The topological polar surface area (TPSA) is 78.9 Å². The summed E-state index contributed by atoms with van der Waals surface area (Å²) in [5.41, 5.74) is 6.05. The number of hydrogen-bond donors (Lipinski definition) is 2. The molecule has 5 heteroatoms. The molecule has 1 aromatic carbocycles. The van der Waals surface area contributed by atoms with Gasteiger partial charge in [0.1, 0.15) is 5.82 Å². The molecule has 2 rings (SSSR count). The van der Waals surface area contributed by atoms with E-state index in [4.69, 9.17) is 11.0 Å². The van der Waals surface area contributed by atoms with Gasteiger partial charge < -0.3 is 11.1 Å². The Morgan fingerprint density at radius 1 is 1.40 bits per heavy atom. The van der Waals surface area contributed by atoms with Crippen molar-refractivity contribution in [3.8, 4) is 6.07 Å². The lowest BCUT2D eigenvalue weighted by Crippen LogP contribution is -2.44. The molecule has 0 bridgehead atoms. The van der Waals surface area contributed by atoms with Crippen molar-refractivity contribution in [3.63, 3.8) is 0 Å². The third kappa shape index (κ3) is 3.55. The molecule has 1 amide bonds. The van der Waals surface area contributed by atoms with Gasteiger partial charge >= 0.3 is 0 Å². The van der Waals surface area contributed by atoms with Gasteiger partial charge in [-0.15, -0.1) is 0 Å². The first kappa shape index (κ1) is 14.5. The Labute approximate surface area is 117 Å². The minimum Gasteiger partial charge on any atom is -0.325 e. The van der Waals surface area contributed by atoms with Crippen LogP contribution in [0.4, 0.5) is 10.1 Å². The zero-order valence-electron chi connectivity index (χ0n) is 11.3. The van der Waals surface area contributed by atoms with Crippen molar-refractivity contribution in [2.24, 2.45) is 5.73 Å². The highest BCUT2D eigenvalue weighted by molar-refractivity contribution is 5.91. The zero-order valence-corrected chi connectivity index (χ0v) is 11.3. The summed E-state index contributed by atoms with van der Waals surface area (Å²) in [6, 6.07) is 5.82. The quantitative estimate of drug-likeness (QED) is 0.890. The molecule has 0 saturated heterocycles. The van der Waals surface area contributed by atoms with Gasteiger partial charge in [-0.2, -0.15) is 5.26 Å². The van der Waals surface area contributed by atoms with E-state index in [-0.39, 0.29) is 23.6 Å². The molecule has 0 spiro atoms. The van der Waals surface area contributed by atoms with Crippen LogP contribution in [-0.4, -0.2) is 11.4 Å². The molecule has 0 aliphatic heterocycles. The molecule has 1 aliphatic rings. The van der Waals surface area contributed by atoms with E-state index in [0.29, 0.717) is 0 Å². The monoisotopic (exact) mass is 275 g/mol. The Morgan fingerprint density at radius 3 is 2.70 bits per heavy atom. The van der Waals surface area contributed by atoms with E-state index in [1.165, 1.54) is 12.1 Å². The van der Waals surface area contributed by atoms with Gasteiger partial charge in [0.25, 0.3) is 0 Å². The average molecular weight is 275 g/mol. The fourth-order valence-electron chi connectivity index (χ4n) is 2.63. The molecule has 3 N–H and O–H groups in total. The number of halogens is 1. The van der Waals surface area contributed by atoms with Crippen molar-refractivity contribution in [3.05, 3.63) is 29.6 Å². The van der Waals surface area contributed by atoms with Gasteiger partial charge in [-0.1, -0.05) is 19.3 Å². The second kappa shape index (κ2) is 6.02. The SMILES string of the molecule is N#Cc1ccc(NC(=O)CC2(N)CCCCC2)c(F)c1. The van der Waals surface area contributed by atoms with Gasteiger partial charge in [0.15, 0.2) is 0 Å². The van der Waals surface area contributed by atoms with E-state index >= 15 is 0 Å². The van der Waals surface area contributed by atoms with Crippen LogP contribution in [0, 0.1) is 17.1 Å². The minimum absolute atomic E-state index is 0.0911. The lowest BCUT2D eigenvalue weighted by Gasteiger charge is -2.32. The first-order valence-corrected chi connectivity index (χ1v) is 6.81. The summed E-state index contributed by atoms with van der Waals surface area (Å²) in [7, 11) is 0. The molecule has 0 aromatic heterocycles. The summed E-state index contributed by atoms with van der Waals surface area (Å²) in [6.07, 6.45) is 5.09. The number of carbonyl (C=O) groups is 1. The summed E-state index contributed by atoms with van der Waals surface area (Å²) in [5.74, 6) is -0.884. The molecule has 1 saturated carbocycles. The van der Waals surface area contributed by atoms with Crippen LogP contribution in [0.5, 0.6) is 0 Å². The van der Waals surface area contributed by atoms with E-state index in [9.17, 15) is 9.18 Å². The second-order valence-electron chi connectivity index (χ2n) is 5.45. The molecule has 106 valence electrons. The standard InChI is InChI=1S/C15H18FN3O/c16-12-8-11(10-17)4-5-13(12)19-14(20)9-15(18)6-2-1-3-7-15/h4-5,8H,1-3,6-7,9,18H2,(H,19,20). The van der Waals surface area contributed by atoms with Crippen molar-refractivity contribution in [1.29, 1.82) is 5.26 Å². The van der Waals surface area contributed by atoms with Crippen molar-refractivity contribution in [1.82, 2.24) is 0 Å². The second-order valence-corrected chi connectivity index (χ2v) is 5.45. The smallest absolute Gasteiger partial charge is 0.226 e. The fraction of sp³-hybridized carbons (Fsp3) is 0.467. The number of amides is 1. The van der Waals surface area contributed by atoms with E-state index < -0.39 is 11.4 Å². The normalized spacial score (nSPS) is 17.2. The molecular formula is C15H18FN3O. The molecule has 20 heavy (non-hydrogen) atoms. The first-order chi connectivity index (χ1) is 9.52. The van der Waals surface area contributed by atoms with Crippen LogP contribution >= 0.6 is 0 Å². The number of nitrogens with two attached hydrogens (primary N) is 1. The average Bonchev–Trinajstić information content (AvgIpc) is 2.41. The Kier molecular flexibility index (Phi) is 4.35. The van der Waals surface area contributed by atoms with Crippen LogP contribution in [0.3, 0.4) is 0 Å². The van der Waals surface area contributed by atoms with E-state index in [1.54, 1.807) is 0 Å². The lowest BCUT2D eigenvalue weighted by molar-refractivity contribution is -0.117. The van der Waals surface area contributed by atoms with Crippen LogP contribution in [0.2, 0.25) is 0 Å². The molecule has 0 heterocycles. The van der Waals surface area contributed by atoms with Crippen LogP contribution in [0.15, 0.2) is 18.2 Å². The number of rotatable bonds is 3. The highest BCUT2D eigenvalue weighted by atomic mass is 19.1. The highest BCUT2D eigenvalue weighted by Gasteiger charge is 2.30. The predicted molar refractivity (Wildman–Crippen MR) is 74.4 cm³/mol. The predicted octanol–water partition coefficient (Wildman–Crippen LogP) is 2.69. The fourth-order valence-corrected chi connectivity index (χ4v) is 2.63. The van der Waals surface area contributed by atoms with E-state index in [2.05, 4.69) is 5.32 Å². The number of benzene rings is 1. The van der Waals surface area contributed by atoms with Gasteiger partial charge in [-0.05, 0) is 31.0 Å². The number of carbonyl (C=O) groups excluding carboxylic acids is 1. The Morgan fingerprint density at radius 2 is 2.10 bits per heavy atom. The van der Waals surface area contributed by atoms with Gasteiger partial charge in [-0.3, -0.25) is 4.79 Å². The number of hydrogen-bond acceptors (Lipinski definition) is 3. The third-order valence-electron chi connectivity index (χ3n) is 3.73. The minimum atomic E-state index is -0.605. The van der Waals surface area contributed by atoms with Crippen molar-refractivity contribution in [2.75, 3.05) is 5.32 Å². The van der Waals surface area contributed by atoms with E-state index in [0.717, 1.165) is 38.2 Å². The van der Waals surface area contributed by atoms with Gasteiger partial charge in [-0.25, -0.2) is 4.39 Å². The molecule has 1 aromatic rings. The molecule has 1 aliphatic carbocycles. The molecule has 1 fully saturated rings. The van der Waals surface area contributed by atoms with Crippen molar-refractivity contribution in [2.45, 2.75) is 44.1 Å². The molecule has 4 nitrogen and oxygen atoms in total. The number of nitrogens with zero attached hydrogens (tertiary/aromatic N) is 1. The van der Waals surface area contributed by atoms with Crippen molar-refractivity contribution >= 4 is 11.6 Å². The largest absolute Gasteiger partial charge is 0.325 e. The summed E-state index contributed by atoms with van der Waals surface area (Å²) in [6.45, 7) is 0. The van der Waals surface area contributed by atoms with Crippen LogP contribution in [0.1, 0.15) is 44.1 Å².